The van der Waals surface area contributed by atoms with Gasteiger partial charge in [0.1, 0.15) is 0 Å². The molecule has 0 radical (unpaired) electrons. The van der Waals surface area contributed by atoms with E-state index in [-0.39, 0.29) is 12.4 Å². The molecule has 17 heavy (non-hydrogen) atoms. The quantitative estimate of drug-likeness (QED) is 0.886. The van der Waals surface area contributed by atoms with E-state index in [2.05, 4.69) is 22.0 Å². The van der Waals surface area contributed by atoms with Crippen molar-refractivity contribution in [2.45, 2.75) is 45.2 Å². The van der Waals surface area contributed by atoms with Gasteiger partial charge in [-0.05, 0) is 25.8 Å². The zero-order valence-corrected chi connectivity index (χ0v) is 11.1. The summed E-state index contributed by atoms with van der Waals surface area (Å²) in [7, 11) is 0. The lowest BCUT2D eigenvalue weighted by Gasteiger charge is -2.29. The normalized spacial score (nSPS) is 21.2. The molecule has 2 N–H and O–H groups in total. The Kier molecular flexibility index (Phi) is 5.88. The van der Waals surface area contributed by atoms with Crippen LogP contribution in [0.3, 0.4) is 0 Å². The van der Waals surface area contributed by atoms with Crippen LogP contribution in [0, 0.1) is 0 Å². The number of nitrogens with two attached hydrogens (primary N) is 1. The third kappa shape index (κ3) is 4.26. The highest BCUT2D eigenvalue weighted by Crippen LogP contribution is 2.11. The van der Waals surface area contributed by atoms with E-state index in [1.165, 1.54) is 0 Å². The van der Waals surface area contributed by atoms with E-state index in [1.54, 1.807) is 0 Å². The second kappa shape index (κ2) is 6.93. The average molecular weight is 261 g/mol. The minimum Gasteiger partial charge on any atom is -0.338 e. The molecule has 1 saturated heterocycles. The summed E-state index contributed by atoms with van der Waals surface area (Å²) in [6.07, 6.45) is 4.23. The van der Waals surface area contributed by atoms with Gasteiger partial charge >= 0.3 is 0 Å². The van der Waals surface area contributed by atoms with E-state index < -0.39 is 0 Å². The molecule has 0 aromatic carbocycles. The van der Waals surface area contributed by atoms with Crippen LogP contribution >= 0.6 is 12.4 Å². The molecule has 2 heterocycles. The van der Waals surface area contributed by atoms with E-state index in [0.29, 0.717) is 6.04 Å². The molecule has 1 aliphatic heterocycles. The Labute approximate surface area is 108 Å². The summed E-state index contributed by atoms with van der Waals surface area (Å²) >= 11 is 0. The van der Waals surface area contributed by atoms with Crippen molar-refractivity contribution in [3.63, 3.8) is 0 Å². The molecule has 5 nitrogen and oxygen atoms in total. The minimum atomic E-state index is 0. The third-order valence-corrected chi connectivity index (χ3v) is 2.88. The average Bonchev–Trinajstić information content (AvgIpc) is 2.66. The monoisotopic (exact) mass is 260 g/mol. The first-order chi connectivity index (χ1) is 7.78. The molecule has 1 aromatic rings. The number of aromatic nitrogens is 2. The standard InChI is InChI=1S/C11H20N4O.ClH/c1-2-4-10-13-11(16-14-10)8-15-6-3-5-9(12)7-15;/h9H,2-8,12H2,1H3;1H. The van der Waals surface area contributed by atoms with Crippen molar-refractivity contribution in [2.75, 3.05) is 13.1 Å². The van der Waals surface area contributed by atoms with Crippen LogP contribution < -0.4 is 5.73 Å². The molecule has 6 heteroatoms. The Morgan fingerprint density at radius 3 is 3.06 bits per heavy atom. The molecule has 1 unspecified atom stereocenters. The van der Waals surface area contributed by atoms with Gasteiger partial charge in [-0.3, -0.25) is 4.90 Å². The maximum absolute atomic E-state index is 5.92. The van der Waals surface area contributed by atoms with Crippen molar-refractivity contribution in [1.29, 1.82) is 0 Å². The summed E-state index contributed by atoms with van der Waals surface area (Å²) in [6, 6.07) is 0.298. The zero-order valence-electron chi connectivity index (χ0n) is 10.3. The highest BCUT2D eigenvalue weighted by molar-refractivity contribution is 5.85. The van der Waals surface area contributed by atoms with Crippen LogP contribution in [0.2, 0.25) is 0 Å². The molecule has 98 valence electrons. The van der Waals surface area contributed by atoms with Gasteiger partial charge in [-0.25, -0.2) is 0 Å². The maximum atomic E-state index is 5.92. The van der Waals surface area contributed by atoms with Crippen LogP contribution in [0.4, 0.5) is 0 Å². The highest BCUT2D eigenvalue weighted by Gasteiger charge is 2.18. The van der Waals surface area contributed by atoms with Gasteiger partial charge in [0.05, 0.1) is 6.54 Å². The molecular formula is C11H21ClN4O. The fourth-order valence-corrected chi connectivity index (χ4v) is 2.11. The molecule has 2 rings (SSSR count). The highest BCUT2D eigenvalue weighted by atomic mass is 35.5. The minimum absolute atomic E-state index is 0. The second-order valence-electron chi connectivity index (χ2n) is 4.49. The topological polar surface area (TPSA) is 68.2 Å². The Bertz CT molecular complexity index is 331. The Balaban J connectivity index is 0.00000144. The smallest absolute Gasteiger partial charge is 0.240 e. The van der Waals surface area contributed by atoms with Crippen molar-refractivity contribution < 1.29 is 4.52 Å². The molecule has 0 bridgehead atoms. The van der Waals surface area contributed by atoms with Gasteiger partial charge in [-0.1, -0.05) is 12.1 Å². The number of nitrogens with zero attached hydrogens (tertiary/aromatic N) is 3. The van der Waals surface area contributed by atoms with Gasteiger partial charge in [0.15, 0.2) is 5.82 Å². The molecule has 1 aromatic heterocycles. The van der Waals surface area contributed by atoms with E-state index in [0.717, 1.165) is 57.0 Å². The van der Waals surface area contributed by atoms with Gasteiger partial charge in [-0.15, -0.1) is 12.4 Å². The maximum Gasteiger partial charge on any atom is 0.240 e. The molecule has 1 atom stereocenters. The summed E-state index contributed by atoms with van der Waals surface area (Å²) in [6.45, 7) is 4.87. The van der Waals surface area contributed by atoms with Crippen LogP contribution in [0.15, 0.2) is 4.52 Å². The molecule has 1 fully saturated rings. The molecule has 0 aliphatic carbocycles. The first-order valence-electron chi connectivity index (χ1n) is 6.07. The first kappa shape index (κ1) is 14.4. The zero-order chi connectivity index (χ0) is 11.4. The van der Waals surface area contributed by atoms with E-state index >= 15 is 0 Å². The fourth-order valence-electron chi connectivity index (χ4n) is 2.11. The van der Waals surface area contributed by atoms with Gasteiger partial charge in [0.25, 0.3) is 0 Å². The SMILES string of the molecule is CCCc1noc(CN2CCCC(N)C2)n1.Cl. The number of likely N-dealkylation sites (tertiary alicyclic amines) is 1. The van der Waals surface area contributed by atoms with Crippen LogP contribution in [0.5, 0.6) is 0 Å². The summed E-state index contributed by atoms with van der Waals surface area (Å²) in [5, 5.41) is 3.95. The van der Waals surface area contributed by atoms with E-state index in [4.69, 9.17) is 10.3 Å². The van der Waals surface area contributed by atoms with Gasteiger partial charge in [0, 0.05) is 19.0 Å². The fraction of sp³-hybridized carbons (Fsp3) is 0.818. The number of piperidine rings is 1. The Morgan fingerprint density at radius 1 is 1.53 bits per heavy atom. The summed E-state index contributed by atoms with van der Waals surface area (Å²) in [5.74, 6) is 1.54. The lowest BCUT2D eigenvalue weighted by molar-refractivity contribution is 0.178. The van der Waals surface area contributed by atoms with Crippen molar-refractivity contribution in [3.05, 3.63) is 11.7 Å². The largest absolute Gasteiger partial charge is 0.338 e. The number of hydrogen-bond acceptors (Lipinski definition) is 5. The summed E-state index contributed by atoms with van der Waals surface area (Å²) < 4.78 is 5.21. The van der Waals surface area contributed by atoms with Crippen LogP contribution in [0.1, 0.15) is 37.9 Å². The lowest BCUT2D eigenvalue weighted by atomic mass is 10.1. The van der Waals surface area contributed by atoms with Crippen LogP contribution in [0.25, 0.3) is 0 Å². The van der Waals surface area contributed by atoms with E-state index in [9.17, 15) is 0 Å². The second-order valence-corrected chi connectivity index (χ2v) is 4.49. The van der Waals surface area contributed by atoms with Gasteiger partial charge in [-0.2, -0.15) is 4.98 Å². The predicted octanol–water partition coefficient (Wildman–Crippen LogP) is 1.37. The van der Waals surface area contributed by atoms with Gasteiger partial charge < -0.3 is 10.3 Å². The molecular weight excluding hydrogens is 240 g/mol. The molecule has 0 saturated carbocycles. The number of hydrogen-bond donors (Lipinski definition) is 1. The van der Waals surface area contributed by atoms with Gasteiger partial charge in [0.2, 0.25) is 5.89 Å². The van der Waals surface area contributed by atoms with Crippen molar-refractivity contribution >= 4 is 12.4 Å². The summed E-state index contributed by atoms with van der Waals surface area (Å²) in [5.41, 5.74) is 5.92. The predicted molar refractivity (Wildman–Crippen MR) is 68.0 cm³/mol. The Hall–Kier alpha value is -0.650. The molecule has 1 aliphatic rings. The Morgan fingerprint density at radius 2 is 2.35 bits per heavy atom. The lowest BCUT2D eigenvalue weighted by Crippen LogP contribution is -2.42. The first-order valence-corrected chi connectivity index (χ1v) is 6.07. The van der Waals surface area contributed by atoms with Crippen molar-refractivity contribution in [2.24, 2.45) is 5.73 Å². The van der Waals surface area contributed by atoms with E-state index in [1.807, 2.05) is 0 Å². The van der Waals surface area contributed by atoms with Crippen molar-refractivity contribution in [1.82, 2.24) is 15.0 Å². The number of aryl methyl sites for hydroxylation is 1. The number of rotatable bonds is 4. The molecule has 0 spiro atoms. The summed E-state index contributed by atoms with van der Waals surface area (Å²) in [4.78, 5) is 6.65. The number of halogens is 1. The third-order valence-electron chi connectivity index (χ3n) is 2.88. The van der Waals surface area contributed by atoms with Crippen molar-refractivity contribution in [3.8, 4) is 0 Å². The van der Waals surface area contributed by atoms with Crippen LogP contribution in [-0.2, 0) is 13.0 Å². The molecule has 0 amide bonds. The van der Waals surface area contributed by atoms with Crippen LogP contribution in [-0.4, -0.2) is 34.2 Å².